The van der Waals surface area contributed by atoms with Crippen LogP contribution in [-0.4, -0.2) is 24.2 Å². The van der Waals surface area contributed by atoms with Crippen molar-refractivity contribution < 1.29 is 14.3 Å². The minimum absolute atomic E-state index is 0.0120. The predicted molar refractivity (Wildman–Crippen MR) is 103 cm³/mol. The lowest BCUT2D eigenvalue weighted by Gasteiger charge is -2.32. The topological polar surface area (TPSA) is 61.5 Å². The van der Waals surface area contributed by atoms with E-state index < -0.39 is 18.1 Å². The average Bonchev–Trinajstić information content (AvgIpc) is 2.55. The van der Waals surface area contributed by atoms with Crippen LogP contribution in [0.5, 0.6) is 5.75 Å². The Bertz CT molecular complexity index is 562. The van der Waals surface area contributed by atoms with Crippen LogP contribution in [0.15, 0.2) is 18.2 Å². The lowest BCUT2D eigenvalue weighted by Crippen LogP contribution is -2.44. The number of esters is 1. The molecule has 6 heteroatoms. The van der Waals surface area contributed by atoms with E-state index in [2.05, 4.69) is 13.8 Å². The Balaban J connectivity index is 2.97. The van der Waals surface area contributed by atoms with E-state index in [9.17, 15) is 4.79 Å². The first kappa shape index (κ1) is 22.1. The summed E-state index contributed by atoms with van der Waals surface area (Å²) in [6.45, 7) is 9.78. The Hall–Kier alpha value is -0.970. The highest BCUT2D eigenvalue weighted by atomic mass is 35.5. The molecule has 4 nitrogen and oxygen atoms in total. The summed E-state index contributed by atoms with van der Waals surface area (Å²) in [5, 5.41) is 0.972. The van der Waals surface area contributed by atoms with Crippen LogP contribution >= 0.6 is 23.2 Å². The first-order valence-corrected chi connectivity index (χ1v) is 9.54. The minimum Gasteiger partial charge on any atom is -0.485 e. The number of halogens is 2. The van der Waals surface area contributed by atoms with Crippen LogP contribution in [0, 0.1) is 11.8 Å². The highest BCUT2D eigenvalue weighted by molar-refractivity contribution is 6.35. The molecule has 0 saturated carbocycles. The van der Waals surface area contributed by atoms with Crippen LogP contribution in [-0.2, 0) is 9.53 Å². The zero-order chi connectivity index (χ0) is 19.1. The van der Waals surface area contributed by atoms with Gasteiger partial charge in [0, 0.05) is 5.02 Å². The van der Waals surface area contributed by atoms with Gasteiger partial charge in [-0.1, -0.05) is 50.9 Å². The quantitative estimate of drug-likeness (QED) is 0.597. The summed E-state index contributed by atoms with van der Waals surface area (Å²) in [6.07, 6.45) is 1.01. The van der Waals surface area contributed by atoms with Gasteiger partial charge in [-0.25, -0.2) is 0 Å². The van der Waals surface area contributed by atoms with E-state index in [1.165, 1.54) is 0 Å². The van der Waals surface area contributed by atoms with Gasteiger partial charge in [-0.3, -0.25) is 4.79 Å². The van der Waals surface area contributed by atoms with Gasteiger partial charge in [0.1, 0.15) is 24.0 Å². The third-order valence-electron chi connectivity index (χ3n) is 4.43. The molecule has 0 saturated heterocycles. The molecular formula is C19H29Cl2NO3. The highest BCUT2D eigenvalue weighted by Crippen LogP contribution is 2.31. The second-order valence-electron chi connectivity index (χ2n) is 6.65. The van der Waals surface area contributed by atoms with Crippen molar-refractivity contribution in [3.05, 3.63) is 28.2 Å². The largest absolute Gasteiger partial charge is 0.485 e. The molecule has 0 bridgehead atoms. The van der Waals surface area contributed by atoms with Gasteiger partial charge < -0.3 is 15.2 Å². The Kier molecular flexibility index (Phi) is 9.04. The summed E-state index contributed by atoms with van der Waals surface area (Å²) >= 11 is 12.2. The number of benzene rings is 1. The number of nitrogens with two attached hydrogens (primary N) is 1. The molecule has 25 heavy (non-hydrogen) atoms. The van der Waals surface area contributed by atoms with Crippen molar-refractivity contribution in [2.24, 2.45) is 17.6 Å². The first-order chi connectivity index (χ1) is 11.7. The van der Waals surface area contributed by atoms with Gasteiger partial charge in [0.05, 0.1) is 5.02 Å². The van der Waals surface area contributed by atoms with Crippen LogP contribution < -0.4 is 10.5 Å². The van der Waals surface area contributed by atoms with Crippen molar-refractivity contribution in [1.29, 1.82) is 0 Å². The maximum Gasteiger partial charge on any atom is 0.323 e. The minimum atomic E-state index is -0.649. The van der Waals surface area contributed by atoms with Crippen molar-refractivity contribution in [3.8, 4) is 5.75 Å². The lowest BCUT2D eigenvalue weighted by atomic mass is 9.93. The van der Waals surface area contributed by atoms with E-state index in [0.29, 0.717) is 15.8 Å². The van der Waals surface area contributed by atoms with Gasteiger partial charge in [-0.05, 0) is 49.8 Å². The van der Waals surface area contributed by atoms with Gasteiger partial charge in [0.15, 0.2) is 0 Å². The number of ether oxygens (including phenoxy) is 2. The van der Waals surface area contributed by atoms with Crippen molar-refractivity contribution in [3.63, 3.8) is 0 Å². The summed E-state index contributed by atoms with van der Waals surface area (Å²) < 4.78 is 11.7. The molecule has 0 aliphatic carbocycles. The van der Waals surface area contributed by atoms with Crippen LogP contribution in [0.4, 0.5) is 0 Å². The molecule has 0 aliphatic heterocycles. The number of rotatable bonds is 9. The predicted octanol–water partition coefficient (Wildman–Crippen LogP) is 5.09. The molecule has 0 unspecified atom stereocenters. The van der Waals surface area contributed by atoms with Crippen molar-refractivity contribution in [2.75, 3.05) is 0 Å². The van der Waals surface area contributed by atoms with Crippen LogP contribution in [0.3, 0.4) is 0 Å². The van der Waals surface area contributed by atoms with E-state index in [1.807, 2.05) is 20.8 Å². The molecule has 0 radical (unpaired) electrons. The van der Waals surface area contributed by atoms with Crippen LogP contribution in [0.2, 0.25) is 10.0 Å². The lowest BCUT2D eigenvalue weighted by molar-refractivity contribution is -0.157. The second-order valence-corrected chi connectivity index (χ2v) is 7.49. The fraction of sp³-hybridized carbons (Fsp3) is 0.632. The molecule has 2 N–H and O–H groups in total. The third-order valence-corrected chi connectivity index (χ3v) is 4.96. The molecule has 0 heterocycles. The van der Waals surface area contributed by atoms with E-state index in [-0.39, 0.29) is 17.9 Å². The van der Waals surface area contributed by atoms with Crippen molar-refractivity contribution >= 4 is 29.2 Å². The molecule has 142 valence electrons. The van der Waals surface area contributed by atoms with Crippen molar-refractivity contribution in [1.82, 2.24) is 0 Å². The summed E-state index contributed by atoms with van der Waals surface area (Å²) in [4.78, 5) is 12.2. The van der Waals surface area contributed by atoms with Crippen LogP contribution in [0.25, 0.3) is 0 Å². The zero-order valence-electron chi connectivity index (χ0n) is 15.6. The average molecular weight is 390 g/mol. The van der Waals surface area contributed by atoms with Gasteiger partial charge in [0.2, 0.25) is 0 Å². The van der Waals surface area contributed by atoms with Gasteiger partial charge in [-0.2, -0.15) is 0 Å². The Labute approximate surface area is 161 Å². The van der Waals surface area contributed by atoms with Crippen molar-refractivity contribution in [2.45, 2.75) is 65.7 Å². The van der Waals surface area contributed by atoms with Crippen LogP contribution in [0.1, 0.15) is 47.5 Å². The molecule has 3 atom stereocenters. The standard InChI is InChI=1S/C19H29Cl2NO3/c1-6-13(7-2)18(12(5)24-19(23)17(22)11(3)4)25-16-9-8-14(20)10-15(16)21/h8-13,17-18H,6-7,22H2,1-5H3/t12-,17-,18-/m0/s1. The SMILES string of the molecule is CCC(CC)[C@@H](Oc1ccc(Cl)cc1Cl)[C@H](C)OC(=O)[C@@H](N)C(C)C. The molecular weight excluding hydrogens is 361 g/mol. The number of hydrogen-bond donors (Lipinski definition) is 1. The maximum atomic E-state index is 12.2. The molecule has 0 amide bonds. The molecule has 0 aliphatic rings. The smallest absolute Gasteiger partial charge is 0.323 e. The fourth-order valence-corrected chi connectivity index (χ4v) is 3.10. The number of hydrogen-bond acceptors (Lipinski definition) is 4. The second kappa shape index (κ2) is 10.2. The monoisotopic (exact) mass is 389 g/mol. The fourth-order valence-electron chi connectivity index (χ4n) is 2.65. The molecule has 0 spiro atoms. The normalized spacial score (nSPS) is 15.1. The van der Waals surface area contributed by atoms with Gasteiger partial charge in [-0.15, -0.1) is 0 Å². The first-order valence-electron chi connectivity index (χ1n) is 8.78. The highest BCUT2D eigenvalue weighted by Gasteiger charge is 2.31. The molecule has 0 fully saturated rings. The van der Waals surface area contributed by atoms with Gasteiger partial charge >= 0.3 is 5.97 Å². The molecule has 0 aromatic heterocycles. The summed E-state index contributed by atoms with van der Waals surface area (Å²) in [5.74, 6) is 0.339. The summed E-state index contributed by atoms with van der Waals surface area (Å²) in [6, 6.07) is 4.43. The number of carbonyl (C=O) groups is 1. The molecule has 1 aromatic rings. The Morgan fingerprint density at radius 3 is 2.24 bits per heavy atom. The van der Waals surface area contributed by atoms with E-state index >= 15 is 0 Å². The third kappa shape index (κ3) is 6.36. The van der Waals surface area contributed by atoms with E-state index in [0.717, 1.165) is 12.8 Å². The summed E-state index contributed by atoms with van der Waals surface area (Å²) in [7, 11) is 0. The maximum absolute atomic E-state index is 12.2. The van der Waals surface area contributed by atoms with E-state index in [1.54, 1.807) is 18.2 Å². The van der Waals surface area contributed by atoms with Gasteiger partial charge in [0.25, 0.3) is 0 Å². The zero-order valence-corrected chi connectivity index (χ0v) is 17.1. The van der Waals surface area contributed by atoms with E-state index in [4.69, 9.17) is 38.4 Å². The molecule has 1 rings (SSSR count). The Morgan fingerprint density at radius 2 is 1.76 bits per heavy atom. The Morgan fingerprint density at radius 1 is 1.16 bits per heavy atom. The summed E-state index contributed by atoms with van der Waals surface area (Å²) in [5.41, 5.74) is 5.89. The molecule has 1 aromatic carbocycles. The number of carbonyl (C=O) groups excluding carboxylic acids is 1.